The van der Waals surface area contributed by atoms with Crippen LogP contribution in [-0.4, -0.2) is 96.7 Å². The number of aliphatic hydroxyl groups excluding tert-OH is 1. The second-order valence-corrected chi connectivity index (χ2v) is 28.1. The van der Waals surface area contributed by atoms with Crippen molar-refractivity contribution < 1.29 is 80.2 Å². The van der Waals surface area contributed by atoms with Gasteiger partial charge < -0.3 is 33.8 Å². The summed E-state index contributed by atoms with van der Waals surface area (Å²) in [5, 5.41) is 10.6. The average Bonchev–Trinajstić information content (AvgIpc) is 1.02. The lowest BCUT2D eigenvalue weighted by Crippen LogP contribution is -2.30. The molecule has 0 aliphatic heterocycles. The van der Waals surface area contributed by atoms with Crippen LogP contribution in [0.15, 0.2) is 134 Å². The molecule has 0 aliphatic rings. The van der Waals surface area contributed by atoms with Crippen molar-refractivity contribution in [3.63, 3.8) is 0 Å². The second kappa shape index (κ2) is 72.5. The van der Waals surface area contributed by atoms with Gasteiger partial charge in [0.2, 0.25) is 0 Å². The zero-order valence-electron chi connectivity index (χ0n) is 62.3. The molecule has 3 N–H and O–H groups in total. The van der Waals surface area contributed by atoms with E-state index in [-0.39, 0.29) is 25.7 Å². The lowest BCUT2D eigenvalue weighted by molar-refractivity contribution is -0.161. The maximum absolute atomic E-state index is 13.1. The van der Waals surface area contributed by atoms with Crippen molar-refractivity contribution in [2.24, 2.45) is 0 Å². The van der Waals surface area contributed by atoms with E-state index in [9.17, 15) is 43.2 Å². The van der Waals surface area contributed by atoms with Gasteiger partial charge in [0.25, 0.3) is 0 Å². The molecule has 17 nitrogen and oxygen atoms in total. The molecule has 572 valence electrons. The smallest absolute Gasteiger partial charge is 0.462 e. The number of aliphatic hydroxyl groups is 1. The van der Waals surface area contributed by atoms with Crippen LogP contribution in [0.2, 0.25) is 0 Å². The predicted molar refractivity (Wildman–Crippen MR) is 408 cm³/mol. The number of carbonyl (C=O) groups is 4. The number of allylic oxidation sites excluding steroid dienone is 22. The van der Waals surface area contributed by atoms with Crippen LogP contribution < -0.4 is 0 Å². The molecular weight excluding hydrogens is 1310 g/mol. The molecule has 0 aromatic heterocycles. The first-order chi connectivity index (χ1) is 48.7. The Morgan fingerprint density at radius 2 is 0.520 bits per heavy atom. The zero-order chi connectivity index (χ0) is 73.2. The van der Waals surface area contributed by atoms with Gasteiger partial charge in [-0.15, -0.1) is 0 Å². The van der Waals surface area contributed by atoms with Crippen LogP contribution in [0.5, 0.6) is 0 Å². The van der Waals surface area contributed by atoms with Crippen LogP contribution in [0.1, 0.15) is 297 Å². The van der Waals surface area contributed by atoms with E-state index in [1.54, 1.807) is 0 Å². The molecule has 0 amide bonds. The lowest BCUT2D eigenvalue weighted by Gasteiger charge is -2.21. The van der Waals surface area contributed by atoms with Crippen molar-refractivity contribution in [2.75, 3.05) is 39.6 Å². The number of ether oxygens (including phenoxy) is 4. The summed E-state index contributed by atoms with van der Waals surface area (Å²) in [7, 11) is -9.97. The van der Waals surface area contributed by atoms with E-state index < -0.39 is 97.5 Å². The van der Waals surface area contributed by atoms with Gasteiger partial charge in [-0.25, -0.2) is 9.13 Å². The van der Waals surface area contributed by atoms with Crippen molar-refractivity contribution in [1.29, 1.82) is 0 Å². The number of rotatable bonds is 71. The maximum Gasteiger partial charge on any atom is 0.472 e. The standard InChI is InChI=1S/C81H136O17P2/c1-5-9-13-17-21-25-29-32-35-37-40-42-46-49-53-57-61-65-78(83)91-71-76(97-80(85)67-63-59-55-51-45-28-24-20-16-12-8-4)73-95-99(87,88)93-69-75(82)70-94-100(89,90)96-74-77(98-81(86)68-64-60-56-52-48-44-39-34-31-27-23-19-15-11-7-3)72-92-79(84)66-62-58-54-50-47-43-41-38-36-33-30-26-22-18-14-10-6-2/h9-11,13-15,21-23,25-27,32-36,39,41,43,48,52,75-77,82H,5-8,12,16-20,24,28-31,37-38,40,42,44-47,49-51,53-74H2,1-4H3,(H,87,88)(H,89,90)/b13-9-,14-10-,15-11-,25-21-,26-22-,27-23-,35-32-,36-33-,39-34-,43-41-,52-48-. The molecule has 5 atom stereocenters. The molecule has 0 fully saturated rings. The molecule has 0 bridgehead atoms. The van der Waals surface area contributed by atoms with Gasteiger partial charge in [-0.1, -0.05) is 271 Å². The lowest BCUT2D eigenvalue weighted by atomic mass is 10.1. The van der Waals surface area contributed by atoms with Gasteiger partial charge in [0.1, 0.15) is 19.3 Å². The summed E-state index contributed by atoms with van der Waals surface area (Å²) in [6, 6.07) is 0. The van der Waals surface area contributed by atoms with Crippen LogP contribution >= 0.6 is 15.6 Å². The minimum Gasteiger partial charge on any atom is -0.462 e. The van der Waals surface area contributed by atoms with Crippen LogP contribution in [0.25, 0.3) is 0 Å². The Bertz CT molecular complexity index is 2420. The number of phosphoric ester groups is 2. The van der Waals surface area contributed by atoms with E-state index in [4.69, 9.17) is 37.0 Å². The van der Waals surface area contributed by atoms with Crippen molar-refractivity contribution in [2.45, 2.75) is 316 Å². The van der Waals surface area contributed by atoms with Crippen molar-refractivity contribution >= 4 is 39.5 Å². The molecule has 19 heteroatoms. The van der Waals surface area contributed by atoms with E-state index in [1.807, 2.05) is 0 Å². The van der Waals surface area contributed by atoms with Crippen LogP contribution in [0, 0.1) is 0 Å². The fourth-order valence-electron chi connectivity index (χ4n) is 9.86. The van der Waals surface area contributed by atoms with Crippen molar-refractivity contribution in [3.8, 4) is 0 Å². The highest BCUT2D eigenvalue weighted by Gasteiger charge is 2.30. The molecule has 0 aromatic carbocycles. The third-order valence-electron chi connectivity index (χ3n) is 15.6. The molecule has 0 spiro atoms. The first-order valence-electron chi connectivity index (χ1n) is 38.4. The summed E-state index contributed by atoms with van der Waals surface area (Å²) < 4.78 is 68.4. The predicted octanol–water partition coefficient (Wildman–Crippen LogP) is 22.1. The van der Waals surface area contributed by atoms with E-state index in [0.717, 1.165) is 173 Å². The summed E-state index contributed by atoms with van der Waals surface area (Å²) in [6.07, 6.45) is 80.2. The minimum absolute atomic E-state index is 0.0340. The van der Waals surface area contributed by atoms with E-state index in [0.29, 0.717) is 32.1 Å². The number of phosphoric acid groups is 2. The summed E-state index contributed by atoms with van der Waals surface area (Å²) >= 11 is 0. The molecule has 0 aliphatic carbocycles. The molecule has 5 unspecified atom stereocenters. The van der Waals surface area contributed by atoms with Gasteiger partial charge >= 0.3 is 39.5 Å². The highest BCUT2D eigenvalue weighted by molar-refractivity contribution is 7.47. The van der Waals surface area contributed by atoms with Gasteiger partial charge in [0.05, 0.1) is 26.4 Å². The highest BCUT2D eigenvalue weighted by Crippen LogP contribution is 2.45. The number of carbonyl (C=O) groups excluding carboxylic acids is 4. The average molecular weight is 1440 g/mol. The van der Waals surface area contributed by atoms with Gasteiger partial charge in [-0.05, 0) is 135 Å². The fourth-order valence-corrected chi connectivity index (χ4v) is 11.4. The largest absolute Gasteiger partial charge is 0.472 e. The van der Waals surface area contributed by atoms with E-state index in [2.05, 4.69) is 161 Å². The molecule has 100 heavy (non-hydrogen) atoms. The van der Waals surface area contributed by atoms with Gasteiger partial charge in [0, 0.05) is 25.7 Å². The van der Waals surface area contributed by atoms with Gasteiger partial charge in [-0.2, -0.15) is 0 Å². The minimum atomic E-state index is -4.99. The van der Waals surface area contributed by atoms with Gasteiger partial charge in [0.15, 0.2) is 12.2 Å². The SMILES string of the molecule is CC/C=C\C/C=C\C/C=C\C/C=C\CCCCCCC(=O)OCC(COP(=O)(O)OCC(O)COP(=O)(O)OCC(COC(=O)CCCCCCCCC/C=C\C/C=C\C/C=C\CC)OC(=O)CCCCCCCCCCCCC)OC(=O)CCCC/C=C\C/C=C\C/C=C\C/C=C\CC. The summed E-state index contributed by atoms with van der Waals surface area (Å²) in [4.78, 5) is 72.9. The molecule has 0 rings (SSSR count). The Hall–Kier alpha value is -4.80. The van der Waals surface area contributed by atoms with Crippen LogP contribution in [0.4, 0.5) is 0 Å². The molecule has 0 saturated carbocycles. The van der Waals surface area contributed by atoms with E-state index in [1.165, 1.54) is 38.5 Å². The fraction of sp³-hybridized carbons (Fsp3) is 0.679. The Labute approximate surface area is 605 Å². The monoisotopic (exact) mass is 1440 g/mol. The topological polar surface area (TPSA) is 237 Å². The third-order valence-corrected chi connectivity index (χ3v) is 17.5. The highest BCUT2D eigenvalue weighted by atomic mass is 31.2. The third kappa shape index (κ3) is 71.6. The Morgan fingerprint density at radius 3 is 0.820 bits per heavy atom. The molecule has 0 heterocycles. The first-order valence-corrected chi connectivity index (χ1v) is 41.4. The Morgan fingerprint density at radius 1 is 0.290 bits per heavy atom. The molecular formula is C81H136O17P2. The maximum atomic E-state index is 13.1. The van der Waals surface area contributed by atoms with Crippen LogP contribution in [-0.2, 0) is 65.4 Å². The summed E-state index contributed by atoms with van der Waals surface area (Å²) in [5.41, 5.74) is 0. The summed E-state index contributed by atoms with van der Waals surface area (Å²) in [5.74, 6) is -2.26. The van der Waals surface area contributed by atoms with E-state index >= 15 is 0 Å². The molecule has 0 radical (unpaired) electrons. The van der Waals surface area contributed by atoms with Crippen LogP contribution in [0.3, 0.4) is 0 Å². The Balaban J connectivity index is 5.38. The number of esters is 4. The molecule has 0 aromatic rings. The van der Waals surface area contributed by atoms with Crippen molar-refractivity contribution in [3.05, 3.63) is 134 Å². The number of hydrogen-bond donors (Lipinski definition) is 3. The second-order valence-electron chi connectivity index (χ2n) is 25.2. The number of unbranched alkanes of at least 4 members (excludes halogenated alkanes) is 23. The normalized spacial score (nSPS) is 14.7. The summed E-state index contributed by atoms with van der Waals surface area (Å²) in [6.45, 7) is 4.44. The zero-order valence-corrected chi connectivity index (χ0v) is 64.1. The van der Waals surface area contributed by atoms with Gasteiger partial charge in [-0.3, -0.25) is 37.3 Å². The molecule has 0 saturated heterocycles. The van der Waals surface area contributed by atoms with Crippen molar-refractivity contribution in [1.82, 2.24) is 0 Å². The Kier molecular flexibility index (Phi) is 69.1. The number of hydrogen-bond acceptors (Lipinski definition) is 15. The quantitative estimate of drug-likeness (QED) is 0.0169. The first kappa shape index (κ1) is 95.2.